The minimum atomic E-state index is -0.405. The van der Waals surface area contributed by atoms with Gasteiger partial charge in [-0.1, -0.05) is 30.1 Å². The van der Waals surface area contributed by atoms with Crippen molar-refractivity contribution in [3.05, 3.63) is 34.1 Å². The van der Waals surface area contributed by atoms with Gasteiger partial charge < -0.3 is 10.3 Å². The molecule has 2 aromatic rings. The molecule has 1 aromatic carbocycles. The molecule has 1 aliphatic carbocycles. The van der Waals surface area contributed by atoms with Gasteiger partial charge in [-0.3, -0.25) is 0 Å². The first-order valence-corrected chi connectivity index (χ1v) is 7.28. The molecule has 0 saturated heterocycles. The van der Waals surface area contributed by atoms with E-state index in [1.165, 1.54) is 0 Å². The average Bonchev–Trinajstić information content (AvgIpc) is 3.02. The van der Waals surface area contributed by atoms with Crippen LogP contribution in [-0.2, 0) is 5.54 Å². The topological polar surface area (TPSA) is 64.9 Å². The highest BCUT2D eigenvalue weighted by Gasteiger charge is 2.36. The Labute approximate surface area is 132 Å². The summed E-state index contributed by atoms with van der Waals surface area (Å²) in [7, 11) is 0. The third-order valence-corrected chi connectivity index (χ3v) is 4.84. The summed E-state index contributed by atoms with van der Waals surface area (Å²) >= 11 is 3.56. The summed E-state index contributed by atoms with van der Waals surface area (Å²) in [5.41, 5.74) is 7.99. The van der Waals surface area contributed by atoms with Crippen LogP contribution in [0, 0.1) is 6.92 Å². The molecule has 0 aliphatic heterocycles. The van der Waals surface area contributed by atoms with Crippen molar-refractivity contribution in [2.75, 3.05) is 0 Å². The van der Waals surface area contributed by atoms with Crippen LogP contribution in [0.3, 0.4) is 0 Å². The third kappa shape index (κ3) is 2.62. The Morgan fingerprint density at radius 1 is 1.30 bits per heavy atom. The first-order chi connectivity index (χ1) is 9.10. The van der Waals surface area contributed by atoms with Crippen molar-refractivity contribution in [3.63, 3.8) is 0 Å². The number of hydrogen-bond donors (Lipinski definition) is 1. The Morgan fingerprint density at radius 2 is 2.00 bits per heavy atom. The van der Waals surface area contributed by atoms with Gasteiger partial charge in [0.1, 0.15) is 0 Å². The van der Waals surface area contributed by atoms with Crippen molar-refractivity contribution in [1.82, 2.24) is 10.1 Å². The van der Waals surface area contributed by atoms with Gasteiger partial charge in [0.2, 0.25) is 0 Å². The maximum atomic E-state index is 6.34. The van der Waals surface area contributed by atoms with Gasteiger partial charge >= 0.3 is 0 Å². The van der Waals surface area contributed by atoms with E-state index in [4.69, 9.17) is 10.3 Å². The molecule has 0 amide bonds. The van der Waals surface area contributed by atoms with Crippen LogP contribution in [0.5, 0.6) is 0 Å². The second-order valence-corrected chi connectivity index (χ2v) is 6.02. The van der Waals surface area contributed by atoms with Crippen LogP contribution in [0.15, 0.2) is 27.2 Å². The van der Waals surface area contributed by atoms with E-state index < -0.39 is 5.54 Å². The van der Waals surface area contributed by atoms with Crippen molar-refractivity contribution in [3.8, 4) is 11.5 Å². The predicted octanol–water partition coefficient (Wildman–Crippen LogP) is 3.96. The fourth-order valence-corrected chi connectivity index (χ4v) is 3.01. The Balaban J connectivity index is 0.00000147. The Kier molecular flexibility index (Phi) is 4.52. The Bertz CT molecular complexity index is 608. The lowest BCUT2D eigenvalue weighted by Crippen LogP contribution is -2.34. The molecule has 6 heteroatoms. The molecule has 0 spiro atoms. The molecule has 0 unspecified atom stereocenters. The molecule has 4 nitrogen and oxygen atoms in total. The van der Waals surface area contributed by atoms with Gasteiger partial charge in [-0.15, -0.1) is 12.4 Å². The number of halogens is 2. The molecule has 0 atom stereocenters. The molecule has 0 bridgehead atoms. The maximum absolute atomic E-state index is 6.34. The minimum Gasteiger partial charge on any atom is -0.334 e. The third-order valence-electron chi connectivity index (χ3n) is 3.79. The van der Waals surface area contributed by atoms with Crippen molar-refractivity contribution in [1.29, 1.82) is 0 Å². The van der Waals surface area contributed by atoms with Crippen LogP contribution in [0.4, 0.5) is 0 Å². The largest absolute Gasteiger partial charge is 0.334 e. The summed E-state index contributed by atoms with van der Waals surface area (Å²) in [5.74, 6) is 1.16. The SMILES string of the molecule is Cc1cccc(-c2nc(C3(N)CCCC3)no2)c1Br.Cl. The standard InChI is InChI=1S/C14H16BrN3O.ClH/c1-9-5-4-6-10(11(9)15)12-17-13(18-19-12)14(16)7-2-3-8-14;/h4-6H,2-3,7-8,16H2,1H3;1H. The molecular weight excluding hydrogens is 342 g/mol. The summed E-state index contributed by atoms with van der Waals surface area (Å²) < 4.78 is 6.38. The Hall–Kier alpha value is -0.910. The van der Waals surface area contributed by atoms with Crippen LogP contribution in [0.1, 0.15) is 37.1 Å². The fraction of sp³-hybridized carbons (Fsp3) is 0.429. The van der Waals surface area contributed by atoms with Gasteiger partial charge in [-0.05, 0) is 47.3 Å². The zero-order chi connectivity index (χ0) is 13.5. The number of rotatable bonds is 2. The summed E-state index contributed by atoms with van der Waals surface area (Å²) in [4.78, 5) is 4.50. The van der Waals surface area contributed by atoms with E-state index in [9.17, 15) is 0 Å². The molecule has 20 heavy (non-hydrogen) atoms. The van der Waals surface area contributed by atoms with Crippen molar-refractivity contribution < 1.29 is 4.52 Å². The molecule has 1 heterocycles. The van der Waals surface area contributed by atoms with Crippen LogP contribution < -0.4 is 5.73 Å². The average molecular weight is 359 g/mol. The monoisotopic (exact) mass is 357 g/mol. The predicted molar refractivity (Wildman–Crippen MR) is 83.8 cm³/mol. The Morgan fingerprint density at radius 3 is 2.70 bits per heavy atom. The van der Waals surface area contributed by atoms with Gasteiger partial charge in [0.25, 0.3) is 5.89 Å². The molecule has 1 fully saturated rings. The van der Waals surface area contributed by atoms with E-state index in [1.807, 2.05) is 25.1 Å². The number of aromatic nitrogens is 2. The zero-order valence-electron chi connectivity index (χ0n) is 11.2. The molecule has 1 aromatic heterocycles. The molecule has 0 radical (unpaired) electrons. The molecular formula is C14H17BrClN3O. The summed E-state index contributed by atoms with van der Waals surface area (Å²) in [6, 6.07) is 5.98. The number of nitrogens with zero attached hydrogens (tertiary/aromatic N) is 2. The van der Waals surface area contributed by atoms with E-state index in [-0.39, 0.29) is 12.4 Å². The minimum absolute atomic E-state index is 0. The van der Waals surface area contributed by atoms with Crippen molar-refractivity contribution >= 4 is 28.3 Å². The quantitative estimate of drug-likeness (QED) is 0.882. The lowest BCUT2D eigenvalue weighted by atomic mass is 9.98. The molecule has 1 aliphatic rings. The summed E-state index contributed by atoms with van der Waals surface area (Å²) in [5, 5.41) is 4.09. The van der Waals surface area contributed by atoms with E-state index >= 15 is 0 Å². The first-order valence-electron chi connectivity index (χ1n) is 6.49. The van der Waals surface area contributed by atoms with Gasteiger partial charge in [-0.25, -0.2) is 0 Å². The smallest absolute Gasteiger partial charge is 0.259 e. The van der Waals surface area contributed by atoms with Crippen molar-refractivity contribution in [2.24, 2.45) is 5.73 Å². The highest BCUT2D eigenvalue weighted by atomic mass is 79.9. The first kappa shape index (κ1) is 15.5. The van der Waals surface area contributed by atoms with E-state index in [2.05, 4.69) is 26.1 Å². The van der Waals surface area contributed by atoms with E-state index in [1.54, 1.807) is 0 Å². The molecule has 1 saturated carbocycles. The van der Waals surface area contributed by atoms with Crippen LogP contribution in [0.2, 0.25) is 0 Å². The summed E-state index contributed by atoms with van der Waals surface area (Å²) in [6.45, 7) is 2.03. The van der Waals surface area contributed by atoms with Gasteiger partial charge in [-0.2, -0.15) is 4.98 Å². The second-order valence-electron chi connectivity index (χ2n) is 5.22. The highest BCUT2D eigenvalue weighted by molar-refractivity contribution is 9.10. The lowest BCUT2D eigenvalue weighted by Gasteiger charge is -2.17. The van der Waals surface area contributed by atoms with Crippen molar-refractivity contribution in [2.45, 2.75) is 38.1 Å². The summed E-state index contributed by atoms with van der Waals surface area (Å²) in [6.07, 6.45) is 4.13. The van der Waals surface area contributed by atoms with Gasteiger partial charge in [0.05, 0.1) is 11.1 Å². The molecule has 108 valence electrons. The van der Waals surface area contributed by atoms with Gasteiger partial charge in [0, 0.05) is 4.47 Å². The lowest BCUT2D eigenvalue weighted by molar-refractivity contribution is 0.372. The van der Waals surface area contributed by atoms with Crippen LogP contribution >= 0.6 is 28.3 Å². The normalized spacial score (nSPS) is 16.9. The van der Waals surface area contributed by atoms with Gasteiger partial charge in [0.15, 0.2) is 5.82 Å². The van der Waals surface area contributed by atoms with E-state index in [0.717, 1.165) is 41.3 Å². The fourth-order valence-electron chi connectivity index (χ4n) is 2.58. The highest BCUT2D eigenvalue weighted by Crippen LogP contribution is 2.36. The number of nitrogens with two attached hydrogens (primary N) is 1. The van der Waals surface area contributed by atoms with Crippen LogP contribution in [0.25, 0.3) is 11.5 Å². The number of aryl methyl sites for hydroxylation is 1. The number of benzene rings is 1. The zero-order valence-corrected chi connectivity index (χ0v) is 13.6. The number of hydrogen-bond acceptors (Lipinski definition) is 4. The maximum Gasteiger partial charge on any atom is 0.259 e. The van der Waals surface area contributed by atoms with Crippen LogP contribution in [-0.4, -0.2) is 10.1 Å². The van der Waals surface area contributed by atoms with E-state index in [0.29, 0.717) is 11.7 Å². The molecule has 2 N–H and O–H groups in total. The second kappa shape index (κ2) is 5.84. The molecule has 3 rings (SSSR count).